The van der Waals surface area contributed by atoms with Crippen LogP contribution in [-0.2, 0) is 31.9 Å². The van der Waals surface area contributed by atoms with Gasteiger partial charge in [-0.15, -0.1) is 64.9 Å². The van der Waals surface area contributed by atoms with E-state index in [9.17, 15) is 0 Å². The molecule has 0 aliphatic heterocycles. The SMILES string of the molecule is Cc1cnc(-c2[c-]ccc3c2oc2c3ccc3sc(C(C)(C)C)nc32)cc1C.[2H]C([2H])([2H])c1c[c-]c(-c2ccc(C([2H])([2H])C(C)(C)C)cn2)cc1.[Ir]. The summed E-state index contributed by atoms with van der Waals surface area (Å²) in [6.07, 6.45) is 1.95. The van der Waals surface area contributed by atoms with E-state index in [2.05, 4.69) is 81.0 Å². The van der Waals surface area contributed by atoms with Gasteiger partial charge in [0.1, 0.15) is 11.1 Å². The predicted octanol–water partition coefficient (Wildman–Crippen LogP) is 11.4. The Morgan fingerprint density at radius 1 is 0.851 bits per heavy atom. The minimum Gasteiger partial charge on any atom is -0.498 e. The number of pyridine rings is 2. The Morgan fingerprint density at radius 2 is 1.62 bits per heavy atom. The van der Waals surface area contributed by atoms with Crippen LogP contribution in [0.2, 0.25) is 0 Å². The molecule has 4 aromatic heterocycles. The molecule has 7 aromatic rings. The molecule has 0 fully saturated rings. The molecule has 0 unspecified atom stereocenters. The molecule has 4 heterocycles. The van der Waals surface area contributed by atoms with Crippen LogP contribution in [0.15, 0.2) is 77.5 Å². The first-order valence-electron chi connectivity index (χ1n) is 17.9. The topological polar surface area (TPSA) is 51.8 Å². The predicted molar refractivity (Wildman–Crippen MR) is 194 cm³/mol. The second-order valence-electron chi connectivity index (χ2n) is 13.7. The summed E-state index contributed by atoms with van der Waals surface area (Å²) in [6.45, 7) is 14.2. The van der Waals surface area contributed by atoms with Crippen LogP contribution in [0.1, 0.15) is 75.7 Å². The van der Waals surface area contributed by atoms with Crippen LogP contribution in [0.3, 0.4) is 0 Å². The molecule has 0 N–H and O–H groups in total. The average molecular weight is 821 g/mol. The Balaban J connectivity index is 0.000000202. The van der Waals surface area contributed by atoms with Crippen LogP contribution in [-0.4, -0.2) is 15.0 Å². The normalized spacial score (nSPS) is 14.0. The zero-order chi connectivity index (χ0) is 37.1. The summed E-state index contributed by atoms with van der Waals surface area (Å²) in [7, 11) is 0. The maximum atomic E-state index is 8.25. The van der Waals surface area contributed by atoms with Gasteiger partial charge in [-0.05, 0) is 54.2 Å². The molecule has 4 nitrogen and oxygen atoms in total. The summed E-state index contributed by atoms with van der Waals surface area (Å²) in [5.74, 6) is 0. The molecule has 0 amide bonds. The number of nitrogens with zero attached hydrogens (tertiary/aromatic N) is 3. The molecule has 0 aliphatic rings. The van der Waals surface area contributed by atoms with Crippen molar-refractivity contribution in [2.24, 2.45) is 5.41 Å². The third-order valence-corrected chi connectivity index (χ3v) is 9.05. The van der Waals surface area contributed by atoms with Gasteiger partial charge in [0.25, 0.3) is 0 Å². The van der Waals surface area contributed by atoms with Crippen molar-refractivity contribution < 1.29 is 31.4 Å². The number of benzene rings is 3. The maximum absolute atomic E-state index is 8.25. The third-order valence-electron chi connectivity index (χ3n) is 7.60. The van der Waals surface area contributed by atoms with Crippen LogP contribution in [0, 0.1) is 38.2 Å². The van der Waals surface area contributed by atoms with Crippen molar-refractivity contribution in [2.45, 2.75) is 74.0 Å². The van der Waals surface area contributed by atoms with E-state index in [1.165, 1.54) is 23.4 Å². The van der Waals surface area contributed by atoms with E-state index in [1.54, 1.807) is 35.6 Å². The Labute approximate surface area is 303 Å². The molecule has 0 atom stereocenters. The summed E-state index contributed by atoms with van der Waals surface area (Å²) in [6, 6.07) is 24.8. The van der Waals surface area contributed by atoms with Gasteiger partial charge in [0, 0.05) is 50.2 Å². The van der Waals surface area contributed by atoms with Gasteiger partial charge in [-0.1, -0.05) is 89.2 Å². The van der Waals surface area contributed by atoms with Crippen molar-refractivity contribution in [3.8, 4) is 22.5 Å². The molecule has 0 spiro atoms. The second kappa shape index (κ2) is 13.4. The number of furan rings is 1. The van der Waals surface area contributed by atoms with Gasteiger partial charge in [0.05, 0.1) is 15.3 Å². The zero-order valence-corrected chi connectivity index (χ0v) is 31.1. The van der Waals surface area contributed by atoms with Gasteiger partial charge in [-0.3, -0.25) is 0 Å². The molecular weight excluding hydrogens is 775 g/mol. The van der Waals surface area contributed by atoms with Crippen molar-refractivity contribution in [1.29, 1.82) is 0 Å². The van der Waals surface area contributed by atoms with E-state index in [4.69, 9.17) is 16.3 Å². The Kier molecular flexibility index (Phi) is 8.09. The van der Waals surface area contributed by atoms with E-state index in [-0.39, 0.29) is 31.1 Å². The first kappa shape index (κ1) is 28.3. The van der Waals surface area contributed by atoms with E-state index in [1.807, 2.05) is 33.0 Å². The molecule has 3 aromatic carbocycles. The minimum atomic E-state index is -2.14. The van der Waals surface area contributed by atoms with Gasteiger partial charge in [0.2, 0.25) is 0 Å². The second-order valence-corrected chi connectivity index (χ2v) is 14.7. The number of hydrogen-bond donors (Lipinski definition) is 0. The van der Waals surface area contributed by atoms with E-state index >= 15 is 0 Å². The maximum Gasteiger partial charge on any atom is 0.148 e. The van der Waals surface area contributed by atoms with Gasteiger partial charge in [0.15, 0.2) is 0 Å². The van der Waals surface area contributed by atoms with Crippen LogP contribution in [0.5, 0.6) is 0 Å². The summed E-state index contributed by atoms with van der Waals surface area (Å²) in [5.41, 5.74) is 8.36. The summed E-state index contributed by atoms with van der Waals surface area (Å²) < 4.78 is 46.2. The fraction of sp³-hybridized carbons (Fsp3) is 0.293. The smallest absolute Gasteiger partial charge is 0.148 e. The molecule has 0 saturated carbocycles. The minimum absolute atomic E-state index is 0. The quantitative estimate of drug-likeness (QED) is 0.167. The average Bonchev–Trinajstić information content (AvgIpc) is 3.68. The summed E-state index contributed by atoms with van der Waals surface area (Å²) in [5, 5.41) is 3.29. The number of aryl methyl sites for hydroxylation is 3. The molecule has 0 saturated heterocycles. The number of thiazole rings is 1. The van der Waals surface area contributed by atoms with Gasteiger partial charge < -0.3 is 14.4 Å². The first-order chi connectivity index (χ1) is 23.8. The van der Waals surface area contributed by atoms with Crippen LogP contribution in [0.4, 0.5) is 0 Å². The fourth-order valence-electron chi connectivity index (χ4n) is 5.11. The molecule has 6 heteroatoms. The molecule has 0 aliphatic carbocycles. The molecule has 243 valence electrons. The van der Waals surface area contributed by atoms with Crippen LogP contribution >= 0.6 is 11.3 Å². The number of rotatable bonds is 3. The molecule has 0 bridgehead atoms. The number of fused-ring (bicyclic) bond motifs is 5. The van der Waals surface area contributed by atoms with Gasteiger partial charge in [-0.25, -0.2) is 4.98 Å². The standard InChI is InChI=1S/C24H21N2OS.C17H20N.Ir/c1-13-11-18(25-12-14(13)2)17-8-6-7-15-16-9-10-19-20(22(16)27-21(15)17)26-23(28-19)24(3,4)5;1-13-5-8-15(9-6-13)16-10-7-14(12-18-16)11-17(2,3)4;/h6-7,9-12H,1-5H3;5-8,10,12H,11H2,1-4H3;/q2*-1;/i;1D3,11D2;. The van der Waals surface area contributed by atoms with E-state index < -0.39 is 18.6 Å². The van der Waals surface area contributed by atoms with E-state index in [0.29, 0.717) is 16.8 Å². The molecular formula is C41H41IrN3OS-2. The van der Waals surface area contributed by atoms with Crippen LogP contribution < -0.4 is 0 Å². The van der Waals surface area contributed by atoms with Crippen molar-refractivity contribution in [1.82, 2.24) is 15.0 Å². The number of hydrogen-bond acceptors (Lipinski definition) is 5. The van der Waals surface area contributed by atoms with Crippen LogP contribution in [0.25, 0.3) is 54.7 Å². The molecule has 47 heavy (non-hydrogen) atoms. The zero-order valence-electron chi connectivity index (χ0n) is 32.9. The Morgan fingerprint density at radius 3 is 2.26 bits per heavy atom. The van der Waals surface area contributed by atoms with E-state index in [0.717, 1.165) is 48.4 Å². The fourth-order valence-corrected chi connectivity index (χ4v) is 6.13. The van der Waals surface area contributed by atoms with Gasteiger partial charge in [-0.2, -0.15) is 0 Å². The third kappa shape index (κ3) is 7.56. The summed E-state index contributed by atoms with van der Waals surface area (Å²) in [4.78, 5) is 13.9. The van der Waals surface area contributed by atoms with Crippen molar-refractivity contribution in [2.75, 3.05) is 0 Å². The summed E-state index contributed by atoms with van der Waals surface area (Å²) >= 11 is 1.74. The monoisotopic (exact) mass is 821 g/mol. The molecule has 1 radical (unpaired) electrons. The molecule has 7 rings (SSSR count). The van der Waals surface area contributed by atoms with Crippen molar-refractivity contribution >= 4 is 43.5 Å². The van der Waals surface area contributed by atoms with Crippen molar-refractivity contribution in [3.63, 3.8) is 0 Å². The number of aromatic nitrogens is 3. The first-order valence-corrected chi connectivity index (χ1v) is 16.2. The largest absolute Gasteiger partial charge is 0.498 e. The van der Waals surface area contributed by atoms with Crippen molar-refractivity contribution in [3.05, 3.63) is 112 Å². The Bertz CT molecular complexity index is 2370. The van der Waals surface area contributed by atoms with Gasteiger partial charge >= 0.3 is 0 Å². The Hall–Kier alpha value is -3.70.